The zero-order chi connectivity index (χ0) is 14.8. The van der Waals surface area contributed by atoms with Crippen molar-refractivity contribution in [3.63, 3.8) is 0 Å². The maximum absolute atomic E-state index is 5.94. The highest BCUT2D eigenvalue weighted by Gasteiger charge is 2.13. The highest BCUT2D eigenvalue weighted by molar-refractivity contribution is 6.30. The summed E-state index contributed by atoms with van der Waals surface area (Å²) in [5, 5.41) is 0.801. The first-order valence-corrected chi connectivity index (χ1v) is 7.59. The molecule has 0 amide bonds. The number of halogens is 1. The van der Waals surface area contributed by atoms with Gasteiger partial charge in [-0.2, -0.15) is 0 Å². The average Bonchev–Trinajstić information content (AvgIpc) is 2.39. The zero-order valence-corrected chi connectivity index (χ0v) is 13.5. The lowest BCUT2D eigenvalue weighted by atomic mass is 9.85. The SMILES string of the molecule is CC(Cc1ccc(C(C)(C)C)cc1)c1ccc(Cl)cc1. The largest absolute Gasteiger partial charge is 0.0843 e. The summed E-state index contributed by atoms with van der Waals surface area (Å²) in [4.78, 5) is 0. The Bertz CT molecular complexity index is 544. The fourth-order valence-electron chi connectivity index (χ4n) is 2.40. The summed E-state index contributed by atoms with van der Waals surface area (Å²) >= 11 is 5.94. The summed E-state index contributed by atoms with van der Waals surface area (Å²) in [6.45, 7) is 9.01. The van der Waals surface area contributed by atoms with Gasteiger partial charge < -0.3 is 0 Å². The molecule has 0 fully saturated rings. The highest BCUT2D eigenvalue weighted by Crippen LogP contribution is 2.25. The highest BCUT2D eigenvalue weighted by atomic mass is 35.5. The van der Waals surface area contributed by atoms with Gasteiger partial charge in [0, 0.05) is 5.02 Å². The maximum atomic E-state index is 5.94. The maximum Gasteiger partial charge on any atom is 0.0406 e. The minimum atomic E-state index is 0.223. The summed E-state index contributed by atoms with van der Waals surface area (Å²) in [5.74, 6) is 0.507. The summed E-state index contributed by atoms with van der Waals surface area (Å²) in [6, 6.07) is 17.2. The molecule has 0 radical (unpaired) electrons. The Morgan fingerprint density at radius 2 is 1.45 bits per heavy atom. The molecule has 1 unspecified atom stereocenters. The standard InChI is InChI=1S/C19H23Cl/c1-14(16-7-11-18(20)12-8-16)13-15-5-9-17(10-6-15)19(2,3)4/h5-12,14H,13H2,1-4H3. The lowest BCUT2D eigenvalue weighted by molar-refractivity contribution is 0.589. The van der Waals surface area contributed by atoms with Gasteiger partial charge in [-0.25, -0.2) is 0 Å². The quantitative estimate of drug-likeness (QED) is 0.651. The van der Waals surface area contributed by atoms with Crippen molar-refractivity contribution in [2.45, 2.75) is 45.4 Å². The van der Waals surface area contributed by atoms with Gasteiger partial charge in [-0.1, -0.05) is 75.7 Å². The van der Waals surface area contributed by atoms with E-state index >= 15 is 0 Å². The Balaban J connectivity index is 2.08. The van der Waals surface area contributed by atoms with Crippen LogP contribution < -0.4 is 0 Å². The second kappa shape index (κ2) is 6.01. The second-order valence-corrected chi connectivity index (χ2v) is 7.04. The predicted octanol–water partition coefficient (Wildman–Crippen LogP) is 5.98. The van der Waals surface area contributed by atoms with Gasteiger partial charge in [0.25, 0.3) is 0 Å². The lowest BCUT2D eigenvalue weighted by Crippen LogP contribution is -2.10. The molecule has 0 bridgehead atoms. The van der Waals surface area contributed by atoms with Crippen LogP contribution in [0, 0.1) is 0 Å². The number of hydrogen-bond donors (Lipinski definition) is 0. The minimum Gasteiger partial charge on any atom is -0.0843 e. The molecular formula is C19H23Cl. The van der Waals surface area contributed by atoms with Gasteiger partial charge in [0.1, 0.15) is 0 Å². The lowest BCUT2D eigenvalue weighted by Gasteiger charge is -2.19. The molecule has 0 saturated carbocycles. The van der Waals surface area contributed by atoms with Crippen LogP contribution in [-0.4, -0.2) is 0 Å². The van der Waals surface area contributed by atoms with Gasteiger partial charge in [0.05, 0.1) is 0 Å². The first-order chi connectivity index (χ1) is 9.36. The van der Waals surface area contributed by atoms with Gasteiger partial charge in [-0.3, -0.25) is 0 Å². The summed E-state index contributed by atoms with van der Waals surface area (Å²) in [6.07, 6.45) is 1.06. The van der Waals surface area contributed by atoms with Crippen molar-refractivity contribution in [1.82, 2.24) is 0 Å². The molecule has 0 saturated heterocycles. The molecule has 0 aliphatic carbocycles. The van der Waals surface area contributed by atoms with E-state index in [2.05, 4.69) is 64.1 Å². The molecule has 0 aliphatic rings. The van der Waals surface area contributed by atoms with Crippen molar-refractivity contribution in [3.8, 4) is 0 Å². The van der Waals surface area contributed by atoms with Crippen molar-refractivity contribution in [2.75, 3.05) is 0 Å². The van der Waals surface area contributed by atoms with Crippen LogP contribution in [0.25, 0.3) is 0 Å². The third-order valence-electron chi connectivity index (χ3n) is 3.80. The molecule has 1 atom stereocenters. The molecule has 0 nitrogen and oxygen atoms in total. The Hall–Kier alpha value is -1.27. The topological polar surface area (TPSA) is 0 Å². The second-order valence-electron chi connectivity index (χ2n) is 6.60. The van der Waals surface area contributed by atoms with Gasteiger partial charge in [-0.15, -0.1) is 0 Å². The van der Waals surface area contributed by atoms with Crippen LogP contribution in [0.1, 0.15) is 50.3 Å². The fraction of sp³-hybridized carbons (Fsp3) is 0.368. The van der Waals surface area contributed by atoms with E-state index in [-0.39, 0.29) is 5.41 Å². The smallest absolute Gasteiger partial charge is 0.0406 e. The van der Waals surface area contributed by atoms with E-state index in [9.17, 15) is 0 Å². The van der Waals surface area contributed by atoms with Gasteiger partial charge in [0.2, 0.25) is 0 Å². The number of benzene rings is 2. The van der Waals surface area contributed by atoms with E-state index in [0.717, 1.165) is 11.4 Å². The minimum absolute atomic E-state index is 0.223. The van der Waals surface area contributed by atoms with E-state index in [1.54, 1.807) is 0 Å². The Kier molecular flexibility index (Phi) is 4.55. The van der Waals surface area contributed by atoms with Crippen molar-refractivity contribution >= 4 is 11.6 Å². The molecule has 0 aliphatic heterocycles. The van der Waals surface area contributed by atoms with Gasteiger partial charge >= 0.3 is 0 Å². The predicted molar refractivity (Wildman–Crippen MR) is 88.7 cm³/mol. The number of hydrogen-bond acceptors (Lipinski definition) is 0. The molecular weight excluding hydrogens is 264 g/mol. The van der Waals surface area contributed by atoms with Crippen LogP contribution in [0.15, 0.2) is 48.5 Å². The molecule has 0 aromatic heterocycles. The summed E-state index contributed by atoms with van der Waals surface area (Å²) in [5.41, 5.74) is 4.34. The Morgan fingerprint density at radius 1 is 0.900 bits per heavy atom. The molecule has 2 aromatic carbocycles. The van der Waals surface area contributed by atoms with Crippen LogP contribution in [0.5, 0.6) is 0 Å². The third kappa shape index (κ3) is 3.86. The fourth-order valence-corrected chi connectivity index (χ4v) is 2.53. The molecule has 0 spiro atoms. The average molecular weight is 287 g/mol. The first kappa shape index (κ1) is 15.1. The van der Waals surface area contributed by atoms with Crippen LogP contribution in [0.3, 0.4) is 0 Å². The monoisotopic (exact) mass is 286 g/mol. The molecule has 2 aromatic rings. The zero-order valence-electron chi connectivity index (χ0n) is 12.8. The van der Waals surface area contributed by atoms with Crippen LogP contribution in [0.2, 0.25) is 5.02 Å². The van der Waals surface area contributed by atoms with E-state index in [1.165, 1.54) is 16.7 Å². The number of rotatable bonds is 3. The van der Waals surface area contributed by atoms with Crippen LogP contribution >= 0.6 is 11.6 Å². The van der Waals surface area contributed by atoms with Crippen LogP contribution in [0.4, 0.5) is 0 Å². The van der Waals surface area contributed by atoms with E-state index in [1.807, 2.05) is 12.1 Å². The first-order valence-electron chi connectivity index (χ1n) is 7.21. The van der Waals surface area contributed by atoms with Crippen molar-refractivity contribution in [1.29, 1.82) is 0 Å². The molecule has 0 N–H and O–H groups in total. The molecule has 0 heterocycles. The van der Waals surface area contributed by atoms with Crippen molar-refractivity contribution < 1.29 is 0 Å². The third-order valence-corrected chi connectivity index (χ3v) is 4.05. The van der Waals surface area contributed by atoms with Gasteiger partial charge in [0.15, 0.2) is 0 Å². The molecule has 2 rings (SSSR count). The Morgan fingerprint density at radius 3 is 1.95 bits per heavy atom. The van der Waals surface area contributed by atoms with E-state index < -0.39 is 0 Å². The normalized spacial score (nSPS) is 13.2. The summed E-state index contributed by atoms with van der Waals surface area (Å²) in [7, 11) is 0. The van der Waals surface area contributed by atoms with Crippen molar-refractivity contribution in [2.24, 2.45) is 0 Å². The van der Waals surface area contributed by atoms with Crippen LogP contribution in [-0.2, 0) is 11.8 Å². The van der Waals surface area contributed by atoms with E-state index in [4.69, 9.17) is 11.6 Å². The van der Waals surface area contributed by atoms with E-state index in [0.29, 0.717) is 5.92 Å². The van der Waals surface area contributed by atoms with Gasteiger partial charge in [-0.05, 0) is 46.6 Å². The summed E-state index contributed by atoms with van der Waals surface area (Å²) < 4.78 is 0. The van der Waals surface area contributed by atoms with Crippen molar-refractivity contribution in [3.05, 3.63) is 70.2 Å². The molecule has 20 heavy (non-hydrogen) atoms. The molecule has 106 valence electrons. The molecule has 1 heteroatoms. The Labute approximate surface area is 127 Å².